The number of carboxylic acids is 2. The van der Waals surface area contributed by atoms with E-state index in [2.05, 4.69) is 15.3 Å². The van der Waals surface area contributed by atoms with Gasteiger partial charge in [0.2, 0.25) is 0 Å². The molecule has 0 aliphatic rings. The average molecular weight is 1300 g/mol. The fraction of sp³-hybridized carbons (Fsp3) is 0.266. The smallest absolute Gasteiger partial charge is 0.408 e. The lowest BCUT2D eigenvalue weighted by atomic mass is 9.92. The lowest BCUT2D eigenvalue weighted by Gasteiger charge is -2.23. The minimum absolute atomic E-state index is 0.0206. The van der Waals surface area contributed by atoms with E-state index >= 15 is 17.6 Å². The first kappa shape index (κ1) is 66.9. The lowest BCUT2D eigenvalue weighted by Crippen LogP contribution is -2.43. The number of aliphatic carboxylic acids is 2. The van der Waals surface area contributed by atoms with E-state index in [1.807, 2.05) is 16.0 Å². The van der Waals surface area contributed by atoms with Gasteiger partial charge in [-0.1, -0.05) is 43.3 Å². The fourth-order valence-corrected chi connectivity index (χ4v) is 11.2. The molecule has 9 rings (SSSR count). The Morgan fingerprint density at radius 1 is 0.581 bits per heavy atom. The minimum atomic E-state index is -5.17. The van der Waals surface area contributed by atoms with Crippen molar-refractivity contribution in [2.45, 2.75) is 89.4 Å². The molecule has 9 aromatic rings. The molecule has 6 N–H and O–H groups in total. The summed E-state index contributed by atoms with van der Waals surface area (Å²) < 4.78 is 165. The van der Waals surface area contributed by atoms with Gasteiger partial charge in [-0.05, 0) is 104 Å². The molecular weight excluding hydrogens is 1250 g/mol. The summed E-state index contributed by atoms with van der Waals surface area (Å²) in [5.74, 6) is -13.9. The summed E-state index contributed by atoms with van der Waals surface area (Å²) in [5.41, 5.74) is -4.77. The highest BCUT2D eigenvalue weighted by molar-refractivity contribution is 6.02. The number of carbonyl (C=O) groups is 4. The fourth-order valence-electron chi connectivity index (χ4n) is 11.2. The van der Waals surface area contributed by atoms with Gasteiger partial charge in [0, 0.05) is 90.2 Å². The molecule has 0 saturated carbocycles. The molecule has 0 bridgehead atoms. The van der Waals surface area contributed by atoms with Crippen molar-refractivity contribution in [3.8, 4) is 22.3 Å². The van der Waals surface area contributed by atoms with Crippen LogP contribution in [0.25, 0.3) is 55.0 Å². The quantitative estimate of drug-likeness (QED) is 0.0389. The van der Waals surface area contributed by atoms with Crippen molar-refractivity contribution in [3.63, 3.8) is 0 Å². The second-order valence-electron chi connectivity index (χ2n) is 22.0. The molecule has 4 aromatic heterocycles. The van der Waals surface area contributed by atoms with Crippen LogP contribution in [0.4, 0.5) is 59.7 Å². The first-order valence-electron chi connectivity index (χ1n) is 28.3. The van der Waals surface area contributed by atoms with E-state index in [1.54, 1.807) is 13.0 Å². The molecule has 2 amide bonds. The maximum absolute atomic E-state index is 15.9. The number of alkyl halides is 6. The van der Waals surface area contributed by atoms with Gasteiger partial charge >= 0.3 is 30.0 Å². The summed E-state index contributed by atoms with van der Waals surface area (Å²) in [4.78, 5) is 102. The van der Waals surface area contributed by atoms with Crippen LogP contribution in [0, 0.1) is 42.9 Å². The molecule has 0 fully saturated rings. The number of carbonyl (C=O) groups excluding carboxylic acids is 2. The molecule has 0 saturated heterocycles. The second-order valence-corrected chi connectivity index (χ2v) is 22.0. The zero-order chi connectivity index (χ0) is 68.0. The molecule has 0 radical (unpaired) electrons. The Morgan fingerprint density at radius 2 is 1.08 bits per heavy atom. The molecule has 486 valence electrons. The number of hydrogen-bond donors (Lipinski definition) is 6. The molecule has 0 unspecified atom stereocenters. The number of rotatable bonds is 20. The average Bonchev–Trinajstić information content (AvgIpc) is 0.758. The number of nitrogens with one attached hydrogen (secondary N) is 4. The number of aryl methyl sites for hydroxylation is 3. The molecule has 18 nitrogen and oxygen atoms in total. The van der Waals surface area contributed by atoms with Gasteiger partial charge in [-0.3, -0.25) is 33.7 Å². The summed E-state index contributed by atoms with van der Waals surface area (Å²) >= 11 is 0. The zero-order valence-corrected chi connectivity index (χ0v) is 49.7. The van der Waals surface area contributed by atoms with E-state index < -0.39 is 161 Å². The van der Waals surface area contributed by atoms with Gasteiger partial charge in [0.1, 0.15) is 64.4 Å². The van der Waals surface area contributed by atoms with E-state index in [4.69, 9.17) is 0 Å². The van der Waals surface area contributed by atoms with Crippen molar-refractivity contribution in [3.05, 3.63) is 197 Å². The van der Waals surface area contributed by atoms with Crippen molar-refractivity contribution in [1.82, 2.24) is 34.3 Å². The summed E-state index contributed by atoms with van der Waals surface area (Å²) in [5, 5.41) is 29.4. The van der Waals surface area contributed by atoms with Crippen molar-refractivity contribution in [2.24, 2.45) is 21.1 Å². The predicted molar refractivity (Wildman–Crippen MR) is 320 cm³/mol. The third kappa shape index (κ3) is 13.5. The topological polar surface area (TPSA) is 249 Å². The summed E-state index contributed by atoms with van der Waals surface area (Å²) in [6.45, 7) is 4.19. The van der Waals surface area contributed by atoms with Crippen LogP contribution in [-0.4, -0.2) is 94.2 Å². The highest BCUT2D eigenvalue weighted by atomic mass is 19.4. The number of carboxylic acid groups (broad SMARTS) is 2. The zero-order valence-electron chi connectivity index (χ0n) is 49.7. The van der Waals surface area contributed by atoms with Gasteiger partial charge < -0.3 is 40.6 Å². The monoisotopic (exact) mass is 1300 g/mol. The van der Waals surface area contributed by atoms with Crippen molar-refractivity contribution >= 4 is 67.8 Å². The molecule has 29 heteroatoms. The van der Waals surface area contributed by atoms with Crippen LogP contribution in [-0.2, 0) is 50.0 Å². The normalized spacial score (nSPS) is 13.2. The Kier molecular flexibility index (Phi) is 18.7. The molecule has 5 aromatic carbocycles. The summed E-state index contributed by atoms with van der Waals surface area (Å²) in [7, 11) is 4.01. The van der Waals surface area contributed by atoms with Crippen LogP contribution in [0.15, 0.2) is 112 Å². The predicted octanol–water partition coefficient (Wildman–Crippen LogP) is 10.3. The first-order valence-corrected chi connectivity index (χ1v) is 28.3. The number of anilines is 2. The van der Waals surface area contributed by atoms with Gasteiger partial charge in [-0.25, -0.2) is 36.3 Å². The molecule has 93 heavy (non-hydrogen) atoms. The van der Waals surface area contributed by atoms with Crippen LogP contribution in [0.2, 0.25) is 0 Å². The number of nitrogens with zero attached hydrogens (tertiary/aromatic N) is 5. The molecule has 0 spiro atoms. The number of hydrogen-bond acceptors (Lipinski definition) is 11. The van der Waals surface area contributed by atoms with Crippen molar-refractivity contribution in [2.75, 3.05) is 10.6 Å². The van der Waals surface area contributed by atoms with Crippen LogP contribution in [0.1, 0.15) is 68.6 Å². The van der Waals surface area contributed by atoms with Gasteiger partial charge in [0.25, 0.3) is 22.9 Å². The van der Waals surface area contributed by atoms with Crippen molar-refractivity contribution < 1.29 is 77.7 Å². The Labute approximate surface area is 518 Å². The molecule has 0 aliphatic carbocycles. The number of benzene rings is 5. The third-order valence-electron chi connectivity index (χ3n) is 16.1. The van der Waals surface area contributed by atoms with E-state index in [0.29, 0.717) is 51.7 Å². The number of amides is 2. The van der Waals surface area contributed by atoms with Crippen LogP contribution >= 0.6 is 0 Å². The van der Waals surface area contributed by atoms with E-state index in [1.165, 1.54) is 99.5 Å². The highest BCUT2D eigenvalue weighted by Crippen LogP contribution is 2.36. The van der Waals surface area contributed by atoms with Crippen LogP contribution in [0.3, 0.4) is 0 Å². The highest BCUT2D eigenvalue weighted by Gasteiger charge is 2.41. The third-order valence-corrected chi connectivity index (χ3v) is 16.1. The van der Waals surface area contributed by atoms with Crippen molar-refractivity contribution in [1.29, 1.82) is 0 Å². The van der Waals surface area contributed by atoms with Crippen LogP contribution in [0.5, 0.6) is 0 Å². The number of halogens is 11. The second kappa shape index (κ2) is 26.0. The molecule has 4 heterocycles. The molecular formula is C64H54F11N9O9. The van der Waals surface area contributed by atoms with E-state index in [-0.39, 0.29) is 55.6 Å². The van der Waals surface area contributed by atoms with E-state index in [0.717, 1.165) is 16.1 Å². The van der Waals surface area contributed by atoms with Gasteiger partial charge in [-0.15, -0.1) is 0 Å². The Hall–Kier alpha value is -10.5. The number of aromatic nitrogens is 5. The largest absolute Gasteiger partial charge is 0.480 e. The van der Waals surface area contributed by atoms with E-state index in [9.17, 15) is 74.5 Å². The maximum atomic E-state index is 15.9. The lowest BCUT2D eigenvalue weighted by molar-refractivity contribution is -0.144. The van der Waals surface area contributed by atoms with Gasteiger partial charge in [0.05, 0.1) is 27.7 Å². The Bertz CT molecular complexity index is 4690. The summed E-state index contributed by atoms with van der Waals surface area (Å²) in [6.07, 6.45) is -11.8. The SMILES string of the molecule is CC[C@@H](Nc1cc(F)c(C(=O)N[C@@H](Cc2ccc(-c3c(C)n(C)c(=O)n(C)c3=O)c3nc(CC[C@@H](Nc4cc(F)c(C(=O)N[C@@H](Cc5ccc(-c6c(C)c7cc(F)ccc7n(C)c6=O)c6ncccc56)C(=O)O)c(F)c4)C(F)(F)F)ccc23)C(=O)O)c(F)c1)C(F)(F)F. The maximum Gasteiger partial charge on any atom is 0.408 e. The number of pyridine rings is 3. The first-order chi connectivity index (χ1) is 43.7. The minimum Gasteiger partial charge on any atom is -0.480 e. The molecule has 4 atom stereocenters. The molecule has 0 aliphatic heterocycles. The Morgan fingerprint density at radius 3 is 1.58 bits per heavy atom. The Balaban J connectivity index is 0.964. The van der Waals surface area contributed by atoms with Crippen LogP contribution < -0.4 is 38.1 Å². The standard InChI is InChI=1S/C64H54F11N9O9/c1-7-48(63(70,71)72)77-34-24-41(66)52(42(67)25-34)56(85)81-46(61(91)92)22-31-11-16-39(51-29(3)82(4)62(93)84(6)59(51)88)55-37(31)17-13-33(79-55)14-19-49(64(73,74)75)78-35-26-43(68)53(44(69)27-35)57(86)80-45(60(89)90)21-30-10-15-38(54-36(30)9-8-20-76-54)50-28(2)40-23-32(65)12-18-47(40)83(5)58(50)87/h8-13,15-18,20,23-27,45-46,48-49,77-78H,7,14,19,21-22H2,1-6H3,(H,80,86)(H,81,85)(H,89,90)(H,91,92)/t45-,46-,48+,49+/m0/s1. The van der Waals surface area contributed by atoms with Gasteiger partial charge in [-0.2, -0.15) is 26.3 Å². The number of fused-ring (bicyclic) bond motifs is 3. The van der Waals surface area contributed by atoms with Gasteiger partial charge in [0.15, 0.2) is 0 Å². The summed E-state index contributed by atoms with van der Waals surface area (Å²) in [6, 6.07) is 7.89.